The molecule has 4 fully saturated rings. The van der Waals surface area contributed by atoms with E-state index in [0.717, 1.165) is 69.4 Å². The van der Waals surface area contributed by atoms with Crippen LogP contribution >= 0.6 is 0 Å². The summed E-state index contributed by atoms with van der Waals surface area (Å²) in [6.45, 7) is 1.39. The van der Waals surface area contributed by atoms with Crippen molar-refractivity contribution in [2.24, 2.45) is 23.7 Å². The van der Waals surface area contributed by atoms with Gasteiger partial charge in [-0.15, -0.1) is 0 Å². The molecule has 2 heterocycles. The summed E-state index contributed by atoms with van der Waals surface area (Å²) in [5.74, 6) is 1.78. The Hall–Kier alpha value is -2.15. The van der Waals surface area contributed by atoms with Gasteiger partial charge in [-0.3, -0.25) is 4.79 Å². The lowest BCUT2D eigenvalue weighted by Crippen LogP contribution is -2.48. The molecule has 7 heteroatoms. The lowest BCUT2D eigenvalue weighted by molar-refractivity contribution is -0.144. The number of rotatable bonds is 10. The highest BCUT2D eigenvalue weighted by atomic mass is 16.5. The topological polar surface area (TPSA) is 101 Å². The summed E-state index contributed by atoms with van der Waals surface area (Å²) in [5.41, 5.74) is 2.48. The second-order valence-corrected chi connectivity index (χ2v) is 11.0. The first-order chi connectivity index (χ1) is 16.5. The number of aliphatic carboxylic acids is 1. The van der Waals surface area contributed by atoms with Crippen molar-refractivity contribution in [1.82, 2.24) is 10.3 Å². The zero-order chi connectivity index (χ0) is 23.5. The summed E-state index contributed by atoms with van der Waals surface area (Å²) >= 11 is 0. The minimum absolute atomic E-state index is 0.00282. The van der Waals surface area contributed by atoms with Crippen LogP contribution < -0.4 is 10.6 Å². The van der Waals surface area contributed by atoms with Crippen LogP contribution in [0.2, 0.25) is 0 Å². The smallest absolute Gasteiger partial charge is 0.326 e. The summed E-state index contributed by atoms with van der Waals surface area (Å²) < 4.78 is 5.95. The quantitative estimate of drug-likeness (QED) is 0.480. The SMILES string of the molecule is O=C(N[C@@H](CCO[C@H]1C[C@H](CCc2ccc3c(n2)NCCC3)C1)C(=O)O)C1CC2CCC1CC2. The Kier molecular flexibility index (Phi) is 7.37. The molecular weight excluding hydrogens is 430 g/mol. The molecule has 34 heavy (non-hydrogen) atoms. The van der Waals surface area contributed by atoms with E-state index in [1.165, 1.54) is 24.8 Å². The van der Waals surface area contributed by atoms with Crippen LogP contribution in [0.25, 0.3) is 0 Å². The van der Waals surface area contributed by atoms with Gasteiger partial charge in [0.05, 0.1) is 6.10 Å². The van der Waals surface area contributed by atoms with Crippen molar-refractivity contribution in [3.8, 4) is 0 Å². The van der Waals surface area contributed by atoms with Gasteiger partial charge in [-0.1, -0.05) is 18.9 Å². The maximum Gasteiger partial charge on any atom is 0.326 e. The monoisotopic (exact) mass is 469 g/mol. The summed E-state index contributed by atoms with van der Waals surface area (Å²) in [4.78, 5) is 29.3. The highest BCUT2D eigenvalue weighted by Gasteiger charge is 2.40. The Morgan fingerprint density at radius 3 is 2.74 bits per heavy atom. The van der Waals surface area contributed by atoms with Gasteiger partial charge >= 0.3 is 5.97 Å². The number of nitrogens with zero attached hydrogens (tertiary/aromatic N) is 1. The third-order valence-electron chi connectivity index (χ3n) is 8.71. The Bertz CT molecular complexity index is 877. The number of fused-ring (bicyclic) bond motifs is 4. The molecule has 5 aliphatic rings. The van der Waals surface area contributed by atoms with Crippen LogP contribution in [0, 0.1) is 23.7 Å². The van der Waals surface area contributed by atoms with Crippen molar-refractivity contribution in [1.29, 1.82) is 0 Å². The number of hydrogen-bond acceptors (Lipinski definition) is 5. The fraction of sp³-hybridized carbons (Fsp3) is 0.741. The molecule has 0 radical (unpaired) electrons. The standard InChI is InChI=1S/C27H39N3O4/c31-26(23-16-17-3-6-19(23)7-4-17)30-24(27(32)33)11-13-34-22-14-18(15-22)5-9-21-10-8-20-2-1-12-28-25(20)29-21/h8,10,17-19,22-24H,1-7,9,11-16H2,(H,28,29)(H,30,31)(H,32,33)/t17?,18-,19?,22-,23?,24-/m0/s1. The largest absolute Gasteiger partial charge is 0.480 e. The summed E-state index contributed by atoms with van der Waals surface area (Å²) in [7, 11) is 0. The molecular formula is C27H39N3O4. The normalized spacial score (nSPS) is 30.5. The number of anilines is 1. The van der Waals surface area contributed by atoms with E-state index in [0.29, 0.717) is 30.8 Å². The van der Waals surface area contributed by atoms with E-state index in [1.54, 1.807) is 0 Å². The molecule has 186 valence electrons. The van der Waals surface area contributed by atoms with Crippen LogP contribution in [0.15, 0.2) is 12.1 Å². The average Bonchev–Trinajstić information content (AvgIpc) is 2.84. The van der Waals surface area contributed by atoms with Gasteiger partial charge in [-0.25, -0.2) is 9.78 Å². The van der Waals surface area contributed by atoms with Gasteiger partial charge in [-0.2, -0.15) is 0 Å². The summed E-state index contributed by atoms with van der Waals surface area (Å²) in [6.07, 6.45) is 12.6. The van der Waals surface area contributed by atoms with Gasteiger partial charge in [-0.05, 0) is 87.2 Å². The maximum absolute atomic E-state index is 12.8. The number of ether oxygens (including phenoxy) is 1. The van der Waals surface area contributed by atoms with E-state index in [1.807, 2.05) is 0 Å². The maximum atomic E-state index is 12.8. The van der Waals surface area contributed by atoms with Gasteiger partial charge < -0.3 is 20.5 Å². The number of aromatic nitrogens is 1. The number of pyridine rings is 1. The molecule has 0 saturated heterocycles. The first-order valence-corrected chi connectivity index (χ1v) is 13.4. The van der Waals surface area contributed by atoms with Crippen molar-refractivity contribution < 1.29 is 19.4 Å². The minimum Gasteiger partial charge on any atom is -0.480 e. The molecule has 1 aromatic rings. The molecule has 1 aromatic heterocycles. The fourth-order valence-corrected chi connectivity index (χ4v) is 6.49. The zero-order valence-electron chi connectivity index (χ0n) is 20.1. The minimum atomic E-state index is -0.962. The summed E-state index contributed by atoms with van der Waals surface area (Å²) in [6, 6.07) is 3.53. The number of carboxylic acids is 1. The zero-order valence-corrected chi connectivity index (χ0v) is 20.1. The van der Waals surface area contributed by atoms with Crippen LogP contribution in [0.4, 0.5) is 5.82 Å². The van der Waals surface area contributed by atoms with E-state index in [4.69, 9.17) is 9.72 Å². The fourth-order valence-electron chi connectivity index (χ4n) is 6.49. The number of carbonyl (C=O) groups is 2. The van der Waals surface area contributed by atoms with Gasteiger partial charge in [0.2, 0.25) is 5.91 Å². The molecule has 4 aliphatic carbocycles. The summed E-state index contributed by atoms with van der Waals surface area (Å²) in [5, 5.41) is 15.8. The Labute approximate surface area is 202 Å². The molecule has 2 atom stereocenters. The van der Waals surface area contributed by atoms with Crippen LogP contribution in [0.3, 0.4) is 0 Å². The third kappa shape index (κ3) is 5.56. The van der Waals surface area contributed by atoms with Crippen molar-refractivity contribution in [2.45, 2.75) is 89.2 Å². The molecule has 4 saturated carbocycles. The van der Waals surface area contributed by atoms with Crippen molar-refractivity contribution >= 4 is 17.7 Å². The van der Waals surface area contributed by atoms with Gasteiger partial charge in [0, 0.05) is 31.2 Å². The molecule has 2 bridgehead atoms. The van der Waals surface area contributed by atoms with Gasteiger partial charge in [0.15, 0.2) is 0 Å². The van der Waals surface area contributed by atoms with Crippen LogP contribution in [-0.2, 0) is 27.2 Å². The second kappa shape index (κ2) is 10.6. The number of aryl methyl sites for hydroxylation is 2. The van der Waals surface area contributed by atoms with Gasteiger partial charge in [0.1, 0.15) is 11.9 Å². The second-order valence-electron chi connectivity index (χ2n) is 11.0. The van der Waals surface area contributed by atoms with E-state index in [-0.39, 0.29) is 17.9 Å². The molecule has 1 unspecified atom stereocenters. The molecule has 3 N–H and O–H groups in total. The van der Waals surface area contributed by atoms with Crippen LogP contribution in [-0.4, -0.2) is 47.3 Å². The lowest BCUT2D eigenvalue weighted by atomic mass is 9.64. The number of carboxylic acid groups (broad SMARTS) is 1. The highest BCUT2D eigenvalue weighted by Crippen LogP contribution is 2.45. The molecule has 1 amide bonds. The predicted molar refractivity (Wildman–Crippen MR) is 130 cm³/mol. The number of amides is 1. The van der Waals surface area contributed by atoms with Crippen molar-refractivity contribution in [2.75, 3.05) is 18.5 Å². The van der Waals surface area contributed by atoms with E-state index in [9.17, 15) is 14.7 Å². The Morgan fingerprint density at radius 2 is 2.00 bits per heavy atom. The first kappa shape index (κ1) is 23.6. The Balaban J connectivity index is 0.990. The Morgan fingerprint density at radius 1 is 1.18 bits per heavy atom. The number of hydrogen-bond donors (Lipinski definition) is 3. The third-order valence-corrected chi connectivity index (χ3v) is 8.71. The number of carbonyl (C=O) groups excluding carboxylic acids is 1. The van der Waals surface area contributed by atoms with Crippen molar-refractivity contribution in [3.63, 3.8) is 0 Å². The van der Waals surface area contributed by atoms with Crippen molar-refractivity contribution in [3.05, 3.63) is 23.4 Å². The molecule has 0 aromatic carbocycles. The van der Waals surface area contributed by atoms with Crippen LogP contribution in [0.1, 0.15) is 75.5 Å². The van der Waals surface area contributed by atoms with E-state index >= 15 is 0 Å². The van der Waals surface area contributed by atoms with Gasteiger partial charge in [0.25, 0.3) is 0 Å². The number of nitrogens with one attached hydrogen (secondary N) is 2. The average molecular weight is 470 g/mol. The predicted octanol–water partition coefficient (Wildman–Crippen LogP) is 3.95. The first-order valence-electron chi connectivity index (χ1n) is 13.4. The lowest BCUT2D eigenvalue weighted by Gasteiger charge is -2.41. The molecule has 0 spiro atoms. The van der Waals surface area contributed by atoms with Crippen LogP contribution in [0.5, 0.6) is 0 Å². The van der Waals surface area contributed by atoms with E-state index in [2.05, 4.69) is 22.8 Å². The highest BCUT2D eigenvalue weighted by molar-refractivity contribution is 5.85. The van der Waals surface area contributed by atoms with E-state index < -0.39 is 12.0 Å². The molecule has 1 aliphatic heterocycles. The molecule has 7 nitrogen and oxygen atoms in total. The molecule has 6 rings (SSSR count).